The Morgan fingerprint density at radius 3 is 2.85 bits per heavy atom. The molecule has 0 fully saturated rings. The standard InChI is InChI=1S/C10H23NOS/c1-4-13-9-5-7-11-10(2)6-8-12-3/h10-11H,4-9H2,1-3H3. The summed E-state index contributed by atoms with van der Waals surface area (Å²) in [5.41, 5.74) is 0. The Kier molecular flexibility index (Phi) is 10.6. The van der Waals surface area contributed by atoms with Crippen LogP contribution in [-0.4, -0.2) is 37.8 Å². The fraction of sp³-hybridized carbons (Fsp3) is 1.00. The topological polar surface area (TPSA) is 21.3 Å². The molecule has 0 amide bonds. The number of ether oxygens (including phenoxy) is 1. The Morgan fingerprint density at radius 1 is 1.46 bits per heavy atom. The van der Waals surface area contributed by atoms with Crippen LogP contribution >= 0.6 is 11.8 Å². The molecule has 1 unspecified atom stereocenters. The summed E-state index contributed by atoms with van der Waals surface area (Å²) >= 11 is 2.01. The maximum absolute atomic E-state index is 5.01. The molecule has 3 heteroatoms. The number of methoxy groups -OCH3 is 1. The van der Waals surface area contributed by atoms with E-state index in [1.165, 1.54) is 17.9 Å². The molecule has 0 aliphatic carbocycles. The van der Waals surface area contributed by atoms with E-state index in [2.05, 4.69) is 19.2 Å². The smallest absolute Gasteiger partial charge is 0.0476 e. The minimum absolute atomic E-state index is 0.589. The van der Waals surface area contributed by atoms with E-state index in [4.69, 9.17) is 4.74 Å². The lowest BCUT2D eigenvalue weighted by atomic mass is 10.2. The molecule has 0 saturated heterocycles. The van der Waals surface area contributed by atoms with Crippen LogP contribution in [0.3, 0.4) is 0 Å². The van der Waals surface area contributed by atoms with Crippen molar-refractivity contribution >= 4 is 11.8 Å². The summed E-state index contributed by atoms with van der Waals surface area (Å²) in [6, 6.07) is 0.589. The van der Waals surface area contributed by atoms with Crippen LogP contribution in [-0.2, 0) is 4.74 Å². The lowest BCUT2D eigenvalue weighted by molar-refractivity contribution is 0.185. The number of hydrogen-bond donors (Lipinski definition) is 1. The highest BCUT2D eigenvalue weighted by Gasteiger charge is 1.98. The largest absolute Gasteiger partial charge is 0.385 e. The Balaban J connectivity index is 3.03. The molecule has 1 atom stereocenters. The molecule has 0 aliphatic heterocycles. The number of rotatable bonds is 9. The average Bonchev–Trinajstić information content (AvgIpc) is 2.14. The molecule has 13 heavy (non-hydrogen) atoms. The lowest BCUT2D eigenvalue weighted by Gasteiger charge is -2.12. The van der Waals surface area contributed by atoms with Crippen LogP contribution in [0.4, 0.5) is 0 Å². The van der Waals surface area contributed by atoms with E-state index >= 15 is 0 Å². The van der Waals surface area contributed by atoms with Gasteiger partial charge in [0.1, 0.15) is 0 Å². The zero-order valence-electron chi connectivity index (χ0n) is 9.14. The second-order valence-corrected chi connectivity index (χ2v) is 4.58. The van der Waals surface area contributed by atoms with Crippen molar-refractivity contribution in [1.82, 2.24) is 5.32 Å². The summed E-state index contributed by atoms with van der Waals surface area (Å²) in [7, 11) is 1.75. The summed E-state index contributed by atoms with van der Waals surface area (Å²) < 4.78 is 5.01. The molecule has 0 heterocycles. The molecule has 0 aromatic rings. The van der Waals surface area contributed by atoms with Gasteiger partial charge in [0.2, 0.25) is 0 Å². The molecule has 0 spiro atoms. The SMILES string of the molecule is CCSCCCNC(C)CCOC. The van der Waals surface area contributed by atoms with Gasteiger partial charge in [0.05, 0.1) is 0 Å². The first-order valence-corrected chi connectivity index (χ1v) is 6.26. The number of hydrogen-bond acceptors (Lipinski definition) is 3. The maximum Gasteiger partial charge on any atom is 0.0476 e. The van der Waals surface area contributed by atoms with Crippen LogP contribution < -0.4 is 5.32 Å². The second-order valence-electron chi connectivity index (χ2n) is 3.19. The molecule has 0 radical (unpaired) electrons. The van der Waals surface area contributed by atoms with Crippen molar-refractivity contribution in [2.45, 2.75) is 32.7 Å². The van der Waals surface area contributed by atoms with E-state index in [-0.39, 0.29) is 0 Å². The highest BCUT2D eigenvalue weighted by atomic mass is 32.2. The molecule has 0 bridgehead atoms. The third-order valence-corrected chi connectivity index (χ3v) is 2.90. The van der Waals surface area contributed by atoms with Gasteiger partial charge in [-0.15, -0.1) is 0 Å². The van der Waals surface area contributed by atoms with Gasteiger partial charge >= 0.3 is 0 Å². The van der Waals surface area contributed by atoms with Gasteiger partial charge in [-0.25, -0.2) is 0 Å². The second kappa shape index (κ2) is 10.4. The van der Waals surface area contributed by atoms with Gasteiger partial charge in [0, 0.05) is 19.8 Å². The first-order valence-electron chi connectivity index (χ1n) is 5.11. The van der Waals surface area contributed by atoms with Crippen LogP contribution in [0.25, 0.3) is 0 Å². The van der Waals surface area contributed by atoms with Crippen molar-refractivity contribution in [2.75, 3.05) is 31.8 Å². The fourth-order valence-corrected chi connectivity index (χ4v) is 1.70. The summed E-state index contributed by atoms with van der Waals surface area (Å²) in [5, 5.41) is 3.48. The predicted molar refractivity (Wildman–Crippen MR) is 61.6 cm³/mol. The molecule has 0 aromatic heterocycles. The summed E-state index contributed by atoms with van der Waals surface area (Å²) in [5.74, 6) is 2.51. The highest BCUT2D eigenvalue weighted by Crippen LogP contribution is 2.00. The minimum atomic E-state index is 0.589. The lowest BCUT2D eigenvalue weighted by Crippen LogP contribution is -2.28. The van der Waals surface area contributed by atoms with E-state index in [0.717, 1.165) is 19.6 Å². The molecule has 1 N–H and O–H groups in total. The molecule has 2 nitrogen and oxygen atoms in total. The van der Waals surface area contributed by atoms with E-state index in [1.54, 1.807) is 7.11 Å². The van der Waals surface area contributed by atoms with Crippen LogP contribution in [0.2, 0.25) is 0 Å². The van der Waals surface area contributed by atoms with Crippen molar-refractivity contribution in [3.8, 4) is 0 Å². The van der Waals surface area contributed by atoms with Crippen molar-refractivity contribution in [2.24, 2.45) is 0 Å². The van der Waals surface area contributed by atoms with Crippen LogP contribution in [0.5, 0.6) is 0 Å². The number of thioether (sulfide) groups is 1. The van der Waals surface area contributed by atoms with Gasteiger partial charge in [-0.1, -0.05) is 6.92 Å². The third-order valence-electron chi connectivity index (χ3n) is 1.92. The number of nitrogens with one attached hydrogen (secondary N) is 1. The van der Waals surface area contributed by atoms with Gasteiger partial charge in [0.25, 0.3) is 0 Å². The van der Waals surface area contributed by atoms with Gasteiger partial charge in [0.15, 0.2) is 0 Å². The normalized spacial score (nSPS) is 13.2. The molecular formula is C10H23NOS. The first kappa shape index (κ1) is 13.3. The van der Waals surface area contributed by atoms with Crippen molar-refractivity contribution < 1.29 is 4.74 Å². The van der Waals surface area contributed by atoms with Crippen LogP contribution in [0.1, 0.15) is 26.7 Å². The molecule has 0 aromatic carbocycles. The Bertz CT molecular complexity index is 101. The molecule has 0 aliphatic rings. The fourth-order valence-electron chi connectivity index (χ4n) is 1.06. The minimum Gasteiger partial charge on any atom is -0.385 e. The monoisotopic (exact) mass is 205 g/mol. The maximum atomic E-state index is 5.01. The molecule has 80 valence electrons. The molecule has 0 saturated carbocycles. The van der Waals surface area contributed by atoms with E-state index in [0.29, 0.717) is 6.04 Å². The zero-order chi connectivity index (χ0) is 9.94. The van der Waals surface area contributed by atoms with E-state index in [1.807, 2.05) is 11.8 Å². The van der Waals surface area contributed by atoms with E-state index < -0.39 is 0 Å². The Labute approximate surface area is 86.8 Å². The van der Waals surface area contributed by atoms with Gasteiger partial charge in [-0.2, -0.15) is 11.8 Å². The van der Waals surface area contributed by atoms with Crippen LogP contribution in [0, 0.1) is 0 Å². The quantitative estimate of drug-likeness (QED) is 0.583. The van der Waals surface area contributed by atoms with Gasteiger partial charge in [-0.05, 0) is 37.8 Å². The Morgan fingerprint density at radius 2 is 2.23 bits per heavy atom. The summed E-state index contributed by atoms with van der Waals surface area (Å²) in [6.45, 7) is 6.42. The summed E-state index contributed by atoms with van der Waals surface area (Å²) in [4.78, 5) is 0. The highest BCUT2D eigenvalue weighted by molar-refractivity contribution is 7.99. The zero-order valence-corrected chi connectivity index (χ0v) is 9.95. The van der Waals surface area contributed by atoms with Crippen molar-refractivity contribution in [3.63, 3.8) is 0 Å². The van der Waals surface area contributed by atoms with Crippen molar-refractivity contribution in [3.05, 3.63) is 0 Å². The predicted octanol–water partition coefficient (Wildman–Crippen LogP) is 2.14. The summed E-state index contributed by atoms with van der Waals surface area (Å²) in [6.07, 6.45) is 2.38. The van der Waals surface area contributed by atoms with Crippen LogP contribution in [0.15, 0.2) is 0 Å². The average molecular weight is 205 g/mol. The molecular weight excluding hydrogens is 182 g/mol. The third kappa shape index (κ3) is 10.2. The van der Waals surface area contributed by atoms with E-state index in [9.17, 15) is 0 Å². The molecule has 0 rings (SSSR count). The van der Waals surface area contributed by atoms with Gasteiger partial charge in [-0.3, -0.25) is 0 Å². The first-order chi connectivity index (χ1) is 6.31. The van der Waals surface area contributed by atoms with Gasteiger partial charge < -0.3 is 10.1 Å². The Hall–Kier alpha value is 0.270. The van der Waals surface area contributed by atoms with Crippen molar-refractivity contribution in [1.29, 1.82) is 0 Å².